The van der Waals surface area contributed by atoms with E-state index in [1.165, 1.54) is 0 Å². The predicted molar refractivity (Wildman–Crippen MR) is 102 cm³/mol. The first-order valence-corrected chi connectivity index (χ1v) is 9.83. The standard InChI is InChI=1S/C20H27N5O2/c1-14(2)11-25-13-23-16-9-15(10-21-18(16)25)19(27)24-7-5-20(6-8-24)4-3-17(26)22-12-20/h9-10,13-14H,3-8,11-12H2,1-2H3,(H,22,26). The van der Waals surface area contributed by atoms with Gasteiger partial charge in [-0.3, -0.25) is 9.59 Å². The highest BCUT2D eigenvalue weighted by Gasteiger charge is 2.38. The van der Waals surface area contributed by atoms with Crippen molar-refractivity contribution in [2.45, 2.75) is 46.1 Å². The van der Waals surface area contributed by atoms with E-state index in [0.29, 0.717) is 17.9 Å². The second-order valence-electron chi connectivity index (χ2n) is 8.43. The van der Waals surface area contributed by atoms with Crippen LogP contribution in [0.3, 0.4) is 0 Å². The van der Waals surface area contributed by atoms with E-state index in [9.17, 15) is 9.59 Å². The minimum absolute atomic E-state index is 0.0255. The number of carbonyl (C=O) groups excluding carboxylic acids is 2. The van der Waals surface area contributed by atoms with E-state index in [1.54, 1.807) is 12.5 Å². The molecule has 0 radical (unpaired) electrons. The lowest BCUT2D eigenvalue weighted by Crippen LogP contribution is -2.50. The number of likely N-dealkylation sites (tertiary alicyclic amines) is 1. The maximum atomic E-state index is 12.9. The third kappa shape index (κ3) is 3.55. The minimum Gasteiger partial charge on any atom is -0.356 e. The Labute approximate surface area is 159 Å². The van der Waals surface area contributed by atoms with Crippen LogP contribution in [0.1, 0.15) is 49.9 Å². The van der Waals surface area contributed by atoms with E-state index in [4.69, 9.17) is 0 Å². The zero-order valence-electron chi connectivity index (χ0n) is 16.1. The van der Waals surface area contributed by atoms with Crippen molar-refractivity contribution in [1.82, 2.24) is 24.8 Å². The van der Waals surface area contributed by atoms with Gasteiger partial charge >= 0.3 is 0 Å². The molecule has 0 saturated carbocycles. The lowest BCUT2D eigenvalue weighted by atomic mass is 9.73. The van der Waals surface area contributed by atoms with Gasteiger partial charge in [-0.1, -0.05) is 13.8 Å². The maximum Gasteiger partial charge on any atom is 0.255 e. The van der Waals surface area contributed by atoms with E-state index in [0.717, 1.165) is 56.6 Å². The van der Waals surface area contributed by atoms with Crippen molar-refractivity contribution in [3.63, 3.8) is 0 Å². The number of hydrogen-bond acceptors (Lipinski definition) is 4. The lowest BCUT2D eigenvalue weighted by molar-refractivity contribution is -0.125. The zero-order valence-corrected chi connectivity index (χ0v) is 16.1. The highest BCUT2D eigenvalue weighted by atomic mass is 16.2. The predicted octanol–water partition coefficient (Wildman–Crippen LogP) is 2.22. The molecule has 1 spiro atoms. The molecule has 0 atom stereocenters. The van der Waals surface area contributed by atoms with Crippen LogP contribution in [0.25, 0.3) is 11.2 Å². The van der Waals surface area contributed by atoms with Gasteiger partial charge in [0.25, 0.3) is 5.91 Å². The maximum absolute atomic E-state index is 12.9. The molecule has 2 aliphatic rings. The fourth-order valence-corrected chi connectivity index (χ4v) is 4.23. The van der Waals surface area contributed by atoms with Crippen LogP contribution in [0.4, 0.5) is 0 Å². The molecule has 0 aromatic carbocycles. The first kappa shape index (κ1) is 17.9. The number of hydrogen-bond donors (Lipinski definition) is 1. The number of amides is 2. The van der Waals surface area contributed by atoms with Crippen molar-refractivity contribution >= 4 is 23.0 Å². The molecule has 2 fully saturated rings. The number of nitrogens with zero attached hydrogens (tertiary/aromatic N) is 4. The smallest absolute Gasteiger partial charge is 0.255 e. The van der Waals surface area contributed by atoms with Gasteiger partial charge in [0.2, 0.25) is 5.91 Å². The lowest BCUT2D eigenvalue weighted by Gasteiger charge is -2.44. The third-order valence-corrected chi connectivity index (χ3v) is 5.92. The molecule has 2 saturated heterocycles. The monoisotopic (exact) mass is 369 g/mol. The summed E-state index contributed by atoms with van der Waals surface area (Å²) < 4.78 is 2.04. The topological polar surface area (TPSA) is 80.1 Å². The number of fused-ring (bicyclic) bond motifs is 1. The van der Waals surface area contributed by atoms with Crippen LogP contribution in [-0.4, -0.2) is 50.9 Å². The van der Waals surface area contributed by atoms with Crippen molar-refractivity contribution in [3.8, 4) is 0 Å². The van der Waals surface area contributed by atoms with Gasteiger partial charge in [-0.05, 0) is 36.7 Å². The summed E-state index contributed by atoms with van der Waals surface area (Å²) in [4.78, 5) is 35.2. The SMILES string of the molecule is CC(C)Cn1cnc2cc(C(=O)N3CCC4(CCC(=O)NC4)CC3)cnc21. The van der Waals surface area contributed by atoms with Crippen LogP contribution >= 0.6 is 0 Å². The summed E-state index contributed by atoms with van der Waals surface area (Å²) in [7, 11) is 0. The van der Waals surface area contributed by atoms with Gasteiger partial charge in [0, 0.05) is 38.8 Å². The van der Waals surface area contributed by atoms with E-state index in [-0.39, 0.29) is 17.2 Å². The molecule has 7 nitrogen and oxygen atoms in total. The van der Waals surface area contributed by atoms with E-state index < -0.39 is 0 Å². The molecule has 2 aliphatic heterocycles. The highest BCUT2D eigenvalue weighted by molar-refractivity contribution is 5.96. The van der Waals surface area contributed by atoms with Crippen molar-refractivity contribution in [3.05, 3.63) is 24.2 Å². The number of aromatic nitrogens is 3. The molecule has 1 N–H and O–H groups in total. The first-order valence-electron chi connectivity index (χ1n) is 9.83. The normalized spacial score (nSPS) is 19.7. The number of piperidine rings is 2. The Morgan fingerprint density at radius 1 is 1.26 bits per heavy atom. The number of rotatable bonds is 3. The van der Waals surface area contributed by atoms with Gasteiger partial charge in [0.1, 0.15) is 5.52 Å². The summed E-state index contributed by atoms with van der Waals surface area (Å²) >= 11 is 0. The van der Waals surface area contributed by atoms with E-state index in [1.807, 2.05) is 15.5 Å². The van der Waals surface area contributed by atoms with Crippen molar-refractivity contribution in [2.75, 3.05) is 19.6 Å². The second kappa shape index (κ2) is 6.94. The van der Waals surface area contributed by atoms with E-state index in [2.05, 4.69) is 29.1 Å². The van der Waals surface area contributed by atoms with Gasteiger partial charge in [-0.25, -0.2) is 9.97 Å². The molecule has 2 amide bonds. The van der Waals surface area contributed by atoms with Crippen LogP contribution in [0.5, 0.6) is 0 Å². The molecular weight excluding hydrogens is 342 g/mol. The quantitative estimate of drug-likeness (QED) is 0.900. The van der Waals surface area contributed by atoms with Crippen molar-refractivity contribution in [2.24, 2.45) is 11.3 Å². The number of nitrogens with one attached hydrogen (secondary N) is 1. The summed E-state index contributed by atoms with van der Waals surface area (Å²) in [6.07, 6.45) is 6.90. The largest absolute Gasteiger partial charge is 0.356 e. The molecule has 2 aromatic rings. The van der Waals surface area contributed by atoms with Crippen LogP contribution in [0.2, 0.25) is 0 Å². The molecule has 27 heavy (non-hydrogen) atoms. The molecular formula is C20H27N5O2. The highest BCUT2D eigenvalue weighted by Crippen LogP contribution is 2.37. The fraction of sp³-hybridized carbons (Fsp3) is 0.600. The Morgan fingerprint density at radius 2 is 2.04 bits per heavy atom. The molecule has 144 valence electrons. The number of pyridine rings is 1. The van der Waals surface area contributed by atoms with Crippen LogP contribution in [0, 0.1) is 11.3 Å². The van der Waals surface area contributed by atoms with E-state index >= 15 is 0 Å². The molecule has 0 bridgehead atoms. The molecule has 0 aliphatic carbocycles. The minimum atomic E-state index is 0.0255. The van der Waals surface area contributed by atoms with Crippen LogP contribution < -0.4 is 5.32 Å². The summed E-state index contributed by atoms with van der Waals surface area (Å²) in [6.45, 7) is 7.38. The summed E-state index contributed by atoms with van der Waals surface area (Å²) in [5.74, 6) is 0.684. The van der Waals surface area contributed by atoms with Gasteiger partial charge in [0.15, 0.2) is 5.65 Å². The summed E-state index contributed by atoms with van der Waals surface area (Å²) in [5, 5.41) is 2.99. The molecule has 0 unspecified atom stereocenters. The average molecular weight is 369 g/mol. The van der Waals surface area contributed by atoms with Gasteiger partial charge in [-0.2, -0.15) is 0 Å². The Kier molecular flexibility index (Phi) is 4.61. The Balaban J connectivity index is 1.45. The van der Waals surface area contributed by atoms with Crippen molar-refractivity contribution in [1.29, 1.82) is 0 Å². The third-order valence-electron chi connectivity index (χ3n) is 5.92. The van der Waals surface area contributed by atoms with Crippen molar-refractivity contribution < 1.29 is 9.59 Å². The average Bonchev–Trinajstić information content (AvgIpc) is 3.06. The molecule has 7 heteroatoms. The van der Waals surface area contributed by atoms with Crippen LogP contribution in [-0.2, 0) is 11.3 Å². The summed E-state index contributed by atoms with van der Waals surface area (Å²) in [5.41, 5.74) is 2.37. The first-order chi connectivity index (χ1) is 13.0. The van der Waals surface area contributed by atoms with Crippen LogP contribution in [0.15, 0.2) is 18.6 Å². The summed E-state index contributed by atoms with van der Waals surface area (Å²) in [6, 6.07) is 1.85. The number of carbonyl (C=O) groups is 2. The van der Waals surface area contributed by atoms with Gasteiger partial charge in [0.05, 0.1) is 11.9 Å². The number of imidazole rings is 1. The molecule has 2 aromatic heterocycles. The Morgan fingerprint density at radius 3 is 2.70 bits per heavy atom. The van der Waals surface area contributed by atoms with Gasteiger partial charge < -0.3 is 14.8 Å². The zero-order chi connectivity index (χ0) is 19.0. The molecule has 4 rings (SSSR count). The Hall–Kier alpha value is -2.44. The van der Waals surface area contributed by atoms with Gasteiger partial charge in [-0.15, -0.1) is 0 Å². The second-order valence-corrected chi connectivity index (χ2v) is 8.43. The fourth-order valence-electron chi connectivity index (χ4n) is 4.23. The molecule has 4 heterocycles. The Bertz CT molecular complexity index is 852.